The van der Waals surface area contributed by atoms with E-state index in [0.717, 1.165) is 100 Å². The van der Waals surface area contributed by atoms with Crippen molar-refractivity contribution in [1.82, 2.24) is 10.6 Å². The first kappa shape index (κ1) is 74.5. The summed E-state index contributed by atoms with van der Waals surface area (Å²) < 4.78 is 87.2. The Morgan fingerprint density at radius 1 is 0.505 bits per heavy atom. The number of hydrogen-bond donors (Lipinski definition) is 6. The minimum absolute atomic E-state index is 0.0376. The Morgan fingerprint density at radius 2 is 0.881 bits per heavy atom. The lowest BCUT2D eigenvalue weighted by molar-refractivity contribution is -0.123. The second-order valence-corrected chi connectivity index (χ2v) is 25.7. The van der Waals surface area contributed by atoms with Crippen LogP contribution in [0.15, 0.2) is 108 Å². The number of methoxy groups -OCH3 is 6. The van der Waals surface area contributed by atoms with Gasteiger partial charge in [0.05, 0.1) is 107 Å². The molecular formula is C77H83BF2N2O18S. The first-order valence-electron chi connectivity index (χ1n) is 32.9. The largest absolute Gasteiger partial charge is 0.502 e. The summed E-state index contributed by atoms with van der Waals surface area (Å²) in [4.78, 5) is 37.9. The maximum absolute atomic E-state index is 14.2. The van der Waals surface area contributed by atoms with Crippen LogP contribution in [0.4, 0.5) is 8.78 Å². The lowest BCUT2D eigenvalue weighted by Crippen LogP contribution is -2.32. The highest BCUT2D eigenvalue weighted by atomic mass is 32.2. The van der Waals surface area contributed by atoms with E-state index < -0.39 is 19.2 Å². The first-order chi connectivity index (χ1) is 48.6. The van der Waals surface area contributed by atoms with Crippen LogP contribution in [0.25, 0.3) is 51.7 Å². The molecule has 24 heteroatoms. The molecule has 3 fully saturated rings. The molecule has 532 valence electrons. The van der Waals surface area contributed by atoms with E-state index in [1.54, 1.807) is 60.3 Å². The molecule has 3 aliphatic heterocycles. The fraction of sp³-hybridized carbons (Fsp3) is 0.338. The zero-order valence-corrected chi connectivity index (χ0v) is 58.9. The van der Waals surface area contributed by atoms with Crippen LogP contribution in [0.3, 0.4) is 0 Å². The van der Waals surface area contributed by atoms with E-state index in [1.165, 1.54) is 66.9 Å². The number of ketones is 1. The van der Waals surface area contributed by atoms with Crippen molar-refractivity contribution in [3.8, 4) is 46.0 Å². The van der Waals surface area contributed by atoms with Gasteiger partial charge in [0.25, 0.3) is 0 Å². The number of nitrogens with one attached hydrogen (secondary N) is 2. The zero-order valence-electron chi connectivity index (χ0n) is 58.1. The summed E-state index contributed by atoms with van der Waals surface area (Å²) in [5.74, 6) is 1.75. The summed E-state index contributed by atoms with van der Waals surface area (Å²) in [5.41, 5.74) is 17.1. The van der Waals surface area contributed by atoms with Gasteiger partial charge >= 0.3 is 7.12 Å². The number of benzene rings is 6. The highest BCUT2D eigenvalue weighted by molar-refractivity contribution is 8.00. The highest BCUT2D eigenvalue weighted by Crippen LogP contribution is 2.49. The van der Waals surface area contributed by atoms with E-state index in [1.807, 2.05) is 45.9 Å². The Balaban J connectivity index is 0.000000163. The molecule has 6 aromatic carbocycles. The van der Waals surface area contributed by atoms with Gasteiger partial charge in [0.1, 0.15) is 34.4 Å². The van der Waals surface area contributed by atoms with Crippen molar-refractivity contribution in [2.24, 2.45) is 0 Å². The third kappa shape index (κ3) is 17.6. The number of ether oxygens (including phenoxy) is 11. The third-order valence-electron chi connectivity index (χ3n) is 18.0. The molecule has 101 heavy (non-hydrogen) atoms. The van der Waals surface area contributed by atoms with E-state index in [2.05, 4.69) is 28.8 Å². The standard InChI is InChI=1S/C26H27FO5S.C26H29NO6.C25H27BFNO7/c1-15-19(7-5-18(28)14-25-32-8-9-33-25)22-13-17(27)4-6-20(22)21(15)10-16-11-23(30-2)26(29)24(12-16)31-3;1-15-5-6-18-19(10-17-11-22(30-3)26(29)23(12-17)31-4)16(2)20(21(18)9-15)13-24(28)27-14-25-32-7-8-33-25;1-14-18(8-15-9-21(32-2)25(26(30)31)22(10-15)33-3)17-5-4-16(27)11-20(17)19(14)12-23(29)28-13-24-34-6-7-35-24/h4,6,10-13,25,29H,5,7-9,14H2,1-3H3;5-6,9-12,25,29H,7-8,13-14H2,1-4H3,(H,27,28);4-5,8-11,24,30-31H,6-7,12-13H2,1-3H3,(H,28,29)/b21-10-;19-10-;18-8-. The lowest BCUT2D eigenvalue weighted by atomic mass is 9.78. The van der Waals surface area contributed by atoms with Crippen LogP contribution in [0.2, 0.25) is 0 Å². The van der Waals surface area contributed by atoms with E-state index >= 15 is 0 Å². The van der Waals surface area contributed by atoms with Gasteiger partial charge in [0.15, 0.2) is 35.6 Å². The number of rotatable bonds is 23. The number of hydrogen-bond acceptors (Lipinski definition) is 19. The van der Waals surface area contributed by atoms with E-state index in [-0.39, 0.29) is 83.0 Å². The number of aromatic hydroxyl groups is 2. The highest BCUT2D eigenvalue weighted by Gasteiger charge is 2.32. The van der Waals surface area contributed by atoms with Crippen LogP contribution in [-0.4, -0.2) is 158 Å². The molecule has 1 atom stereocenters. The SMILES string of the molecule is COc1cc(/C=C2/C(C)=C(CC(=O)NCC3OCCO3)c3cc(C)ccc32)cc(OC)c1O.COc1cc(/C=C2/C(C)=C(CC(=O)NCC3OCCO3)c3cc(F)ccc32)cc(OC)c1B(O)O.COc1cc(/C=C2/C(C)=C(CCC(=O)CC3OCCS3)c3cc(F)ccc32)cc(OC)c1O. The molecule has 3 saturated heterocycles. The molecule has 0 bridgehead atoms. The van der Waals surface area contributed by atoms with Gasteiger partial charge < -0.3 is 83.0 Å². The Labute approximate surface area is 590 Å². The van der Waals surface area contributed by atoms with Crippen LogP contribution < -0.4 is 44.5 Å². The summed E-state index contributed by atoms with van der Waals surface area (Å²) in [6.07, 6.45) is 6.69. The van der Waals surface area contributed by atoms with Crippen LogP contribution in [0.1, 0.15) is 109 Å². The molecule has 6 aliphatic rings. The van der Waals surface area contributed by atoms with Gasteiger partial charge in [-0.25, -0.2) is 8.78 Å². The predicted molar refractivity (Wildman–Crippen MR) is 385 cm³/mol. The number of thioether (sulfide) groups is 1. The minimum Gasteiger partial charge on any atom is -0.502 e. The van der Waals surface area contributed by atoms with Gasteiger partial charge in [-0.2, -0.15) is 0 Å². The summed E-state index contributed by atoms with van der Waals surface area (Å²) in [6.45, 7) is 11.3. The lowest BCUT2D eigenvalue weighted by Gasteiger charge is -2.14. The van der Waals surface area contributed by atoms with Crippen LogP contribution in [0, 0.1) is 18.6 Å². The van der Waals surface area contributed by atoms with Crippen molar-refractivity contribution in [3.05, 3.63) is 175 Å². The number of phenols is 2. The van der Waals surface area contributed by atoms with Crippen LogP contribution >= 0.6 is 11.8 Å². The number of carbonyl (C=O) groups excluding carboxylic acids is 3. The maximum atomic E-state index is 14.2. The maximum Gasteiger partial charge on any atom is 0.496 e. The normalized spacial score (nSPS) is 17.4. The molecule has 3 heterocycles. The molecule has 0 aromatic heterocycles. The molecule has 1 unspecified atom stereocenters. The predicted octanol–water partition coefficient (Wildman–Crippen LogP) is 11.4. The minimum atomic E-state index is -1.77. The molecule has 3 aliphatic carbocycles. The summed E-state index contributed by atoms with van der Waals surface area (Å²) in [7, 11) is 7.04. The van der Waals surface area contributed by atoms with Gasteiger partial charge in [-0.15, -0.1) is 11.8 Å². The average molecular weight is 1410 g/mol. The number of allylic oxidation sites excluding steroid dienone is 7. The molecule has 20 nitrogen and oxygen atoms in total. The molecular weight excluding hydrogens is 1320 g/mol. The molecule has 6 aromatic rings. The van der Waals surface area contributed by atoms with Crippen molar-refractivity contribution in [2.75, 3.05) is 94.5 Å². The molecule has 12 rings (SSSR count). The van der Waals surface area contributed by atoms with Gasteiger partial charge in [-0.3, -0.25) is 14.4 Å². The van der Waals surface area contributed by atoms with E-state index in [4.69, 9.17) is 52.1 Å². The molecule has 0 saturated carbocycles. The Kier molecular flexibility index (Phi) is 25.0. The summed E-state index contributed by atoms with van der Waals surface area (Å²) in [5, 5.41) is 45.7. The monoisotopic (exact) mass is 1400 g/mol. The van der Waals surface area contributed by atoms with Crippen LogP contribution in [-0.2, 0) is 38.1 Å². The fourth-order valence-electron chi connectivity index (χ4n) is 12.9. The van der Waals surface area contributed by atoms with Gasteiger partial charge in [-0.1, -0.05) is 35.9 Å². The average Bonchev–Trinajstić information content (AvgIpc) is 1.64. The molecule has 0 spiro atoms. The quantitative estimate of drug-likeness (QED) is 0.0326. The molecule has 6 N–H and O–H groups in total. The van der Waals surface area contributed by atoms with E-state index in [0.29, 0.717) is 93.0 Å². The molecule has 2 amide bonds. The van der Waals surface area contributed by atoms with Crippen molar-refractivity contribution in [2.45, 2.75) is 77.8 Å². The van der Waals surface area contributed by atoms with Gasteiger partial charge in [0, 0.05) is 18.6 Å². The van der Waals surface area contributed by atoms with Crippen molar-refractivity contribution >= 4 is 93.6 Å². The zero-order chi connectivity index (χ0) is 72.2. The van der Waals surface area contributed by atoms with Gasteiger partial charge in [0.2, 0.25) is 23.3 Å². The second kappa shape index (κ2) is 34.0. The Bertz CT molecular complexity index is 4240. The Morgan fingerprint density at radius 3 is 1.27 bits per heavy atom. The molecule has 0 radical (unpaired) electrons. The summed E-state index contributed by atoms with van der Waals surface area (Å²) in [6, 6.07) is 25.8. The number of Topliss-reactive ketones (excluding diaryl/α,β-unsaturated/α-hetero) is 1. The third-order valence-corrected chi connectivity index (χ3v) is 19.1. The van der Waals surface area contributed by atoms with Gasteiger partial charge in [-0.05, 0) is 213 Å². The smallest absolute Gasteiger partial charge is 0.496 e. The number of phenolic OH excluding ortho intramolecular Hbond substituents is 2. The second-order valence-electron chi connectivity index (χ2n) is 24.4. The Hall–Kier alpha value is -9.24. The topological polar surface area (TPSA) is 258 Å². The van der Waals surface area contributed by atoms with Crippen molar-refractivity contribution in [3.63, 3.8) is 0 Å². The number of amides is 2. The number of carbonyl (C=O) groups is 3. The van der Waals surface area contributed by atoms with Crippen molar-refractivity contribution in [1.29, 1.82) is 0 Å². The number of aryl methyl sites for hydroxylation is 1. The fourth-order valence-corrected chi connectivity index (χ4v) is 13.9. The van der Waals surface area contributed by atoms with E-state index in [9.17, 15) is 43.4 Å². The first-order valence-corrected chi connectivity index (χ1v) is 33.9. The summed E-state index contributed by atoms with van der Waals surface area (Å²) >= 11 is 1.68. The number of fused-ring (bicyclic) bond motifs is 3. The number of halogens is 2. The van der Waals surface area contributed by atoms with Crippen molar-refractivity contribution < 1.29 is 95.5 Å². The van der Waals surface area contributed by atoms with Crippen LogP contribution in [0.5, 0.6) is 46.0 Å².